The Hall–Kier alpha value is -0.0500. The molecule has 4 nitrogen and oxygen atoms in total. The lowest BCUT2D eigenvalue weighted by atomic mass is 9.92. The van der Waals surface area contributed by atoms with E-state index in [0.29, 0.717) is 17.7 Å². The number of rotatable bonds is 6. The van der Waals surface area contributed by atoms with E-state index < -0.39 is 0 Å². The van der Waals surface area contributed by atoms with Crippen LogP contribution in [-0.4, -0.2) is 58.8 Å². The van der Waals surface area contributed by atoms with Crippen LogP contribution in [0.4, 0.5) is 10.5 Å². The zero-order valence-corrected chi connectivity index (χ0v) is 19.4. The largest absolute Gasteiger partial charge is 0.415 e. The third kappa shape index (κ3) is 5.26. The molecule has 2 atom stereocenters. The quantitative estimate of drug-likeness (QED) is 0.375. The lowest BCUT2D eigenvalue weighted by molar-refractivity contribution is 0.0988. The molecular weight excluding hydrogens is 500 g/mol. The number of halogens is 2. The van der Waals surface area contributed by atoms with E-state index in [1.54, 1.807) is 0 Å². The molecule has 0 bridgehead atoms. The van der Waals surface area contributed by atoms with Crippen LogP contribution in [0.15, 0.2) is 24.3 Å². The highest BCUT2D eigenvalue weighted by molar-refractivity contribution is 9.09. The zero-order valence-electron chi connectivity index (χ0n) is 14.6. The van der Waals surface area contributed by atoms with Gasteiger partial charge in [0, 0.05) is 53.5 Å². The molecule has 2 heterocycles. The van der Waals surface area contributed by atoms with Crippen molar-refractivity contribution in [2.45, 2.75) is 18.9 Å². The van der Waals surface area contributed by atoms with E-state index in [0.717, 1.165) is 53.9 Å². The Morgan fingerprint density at radius 2 is 1.85 bits per heavy atom. The van der Waals surface area contributed by atoms with Gasteiger partial charge in [-0.3, -0.25) is 0 Å². The van der Waals surface area contributed by atoms with Crippen LogP contribution in [-0.2, 0) is 0 Å². The Morgan fingerprint density at radius 1 is 1.15 bits per heavy atom. The lowest BCUT2D eigenvalue weighted by Gasteiger charge is -2.42. The summed E-state index contributed by atoms with van der Waals surface area (Å²) in [6, 6.07) is 8.18. The van der Waals surface area contributed by atoms with E-state index in [-0.39, 0.29) is 6.09 Å². The lowest BCUT2D eigenvalue weighted by Crippen LogP contribution is -2.52. The summed E-state index contributed by atoms with van der Waals surface area (Å²) in [6.07, 6.45) is 2.11. The van der Waals surface area contributed by atoms with Gasteiger partial charge in [-0.1, -0.05) is 53.4 Å². The first-order chi connectivity index (χ1) is 12.7. The number of hydrogen-bond donors (Lipinski definition) is 0. The van der Waals surface area contributed by atoms with Crippen molar-refractivity contribution in [3.63, 3.8) is 0 Å². The van der Waals surface area contributed by atoms with Gasteiger partial charge in [0.25, 0.3) is 0 Å². The average molecular weight is 524 g/mol. The molecule has 2 saturated heterocycles. The minimum absolute atomic E-state index is 0.197. The number of ether oxygens (including phenoxy) is 1. The second kappa shape index (κ2) is 10.5. The number of alkyl halides is 2. The molecule has 26 heavy (non-hydrogen) atoms. The Morgan fingerprint density at radius 3 is 2.54 bits per heavy atom. The molecule has 144 valence electrons. The molecule has 0 N–H and O–H groups in total. The number of amides is 1. The van der Waals surface area contributed by atoms with Crippen molar-refractivity contribution >= 4 is 65.2 Å². The summed E-state index contributed by atoms with van der Waals surface area (Å²) < 4.78 is 5.69. The van der Waals surface area contributed by atoms with Gasteiger partial charge >= 0.3 is 6.09 Å². The van der Waals surface area contributed by atoms with Gasteiger partial charge in [0.15, 0.2) is 0 Å². The summed E-state index contributed by atoms with van der Waals surface area (Å²) in [5.41, 5.74) is 1.14. The van der Waals surface area contributed by atoms with Crippen molar-refractivity contribution in [2.24, 2.45) is 5.92 Å². The number of benzene rings is 1. The number of piperidine rings is 1. The summed E-state index contributed by atoms with van der Waals surface area (Å²) in [5.74, 6) is 3.39. The van der Waals surface area contributed by atoms with Crippen LogP contribution < -0.4 is 9.64 Å². The fraction of sp³-hybridized carbons (Fsp3) is 0.611. The van der Waals surface area contributed by atoms with Gasteiger partial charge in [-0.25, -0.2) is 4.79 Å². The predicted molar refractivity (Wildman–Crippen MR) is 120 cm³/mol. The summed E-state index contributed by atoms with van der Waals surface area (Å²) in [7, 11) is 3.81. The van der Waals surface area contributed by atoms with Crippen LogP contribution in [0.1, 0.15) is 12.8 Å². The fourth-order valence-electron chi connectivity index (χ4n) is 3.50. The van der Waals surface area contributed by atoms with E-state index in [4.69, 9.17) is 4.74 Å². The predicted octanol–water partition coefficient (Wildman–Crippen LogP) is 5.26. The molecule has 0 unspecified atom stereocenters. The highest BCUT2D eigenvalue weighted by Gasteiger charge is 2.37. The Kier molecular flexibility index (Phi) is 8.34. The third-order valence-electron chi connectivity index (χ3n) is 4.87. The maximum atomic E-state index is 12.7. The molecule has 3 rings (SSSR count). The van der Waals surface area contributed by atoms with Gasteiger partial charge in [0.05, 0.1) is 0 Å². The highest BCUT2D eigenvalue weighted by atomic mass is 79.9. The Bertz CT molecular complexity index is 583. The van der Waals surface area contributed by atoms with Crippen molar-refractivity contribution in [1.82, 2.24) is 4.90 Å². The maximum Gasteiger partial charge on any atom is 0.415 e. The van der Waals surface area contributed by atoms with Gasteiger partial charge in [-0.15, -0.1) is 0 Å². The fourth-order valence-corrected chi connectivity index (χ4v) is 7.22. The Labute approximate surface area is 180 Å². The van der Waals surface area contributed by atoms with Gasteiger partial charge in [0.2, 0.25) is 0 Å². The number of fused-ring (bicyclic) bond motifs is 1. The molecule has 0 aliphatic carbocycles. The van der Waals surface area contributed by atoms with Crippen LogP contribution in [0.3, 0.4) is 0 Å². The zero-order chi connectivity index (χ0) is 18.4. The molecule has 1 amide bonds. The number of likely N-dealkylation sites (tertiary alicyclic amines) is 1. The standard InChI is InChI=1S/C18H24Br2N2O2S2/c19-7-10-21(11-8-20)15-3-5-16(6-4-15)24-18(23)22-9-1-2-14-12-25-26-13-17(14)22/h3-6,14,17H,1-2,7-13H2/t14-,17-/m1/s1. The number of nitrogens with zero attached hydrogens (tertiary/aromatic N) is 2. The first-order valence-electron chi connectivity index (χ1n) is 8.92. The molecule has 0 radical (unpaired) electrons. The van der Waals surface area contributed by atoms with E-state index in [9.17, 15) is 4.79 Å². The molecule has 2 aliphatic heterocycles. The van der Waals surface area contributed by atoms with Gasteiger partial charge in [-0.2, -0.15) is 0 Å². The second-order valence-corrected chi connectivity index (χ2v) is 10.6. The van der Waals surface area contributed by atoms with E-state index in [2.05, 4.69) is 36.8 Å². The molecule has 1 aromatic carbocycles. The second-order valence-electron chi connectivity index (χ2n) is 6.46. The van der Waals surface area contributed by atoms with E-state index in [1.807, 2.05) is 50.8 Å². The molecule has 0 saturated carbocycles. The van der Waals surface area contributed by atoms with Crippen molar-refractivity contribution in [2.75, 3.05) is 46.7 Å². The molecule has 2 aliphatic rings. The van der Waals surface area contributed by atoms with Gasteiger partial charge in [-0.05, 0) is 43.0 Å². The molecule has 0 aromatic heterocycles. The van der Waals surface area contributed by atoms with Crippen molar-refractivity contribution in [3.05, 3.63) is 24.3 Å². The minimum atomic E-state index is -0.197. The SMILES string of the molecule is O=C(Oc1ccc(N(CCBr)CCBr)cc1)N1CCC[C@@H]2CSSC[C@H]21. The van der Waals surface area contributed by atoms with Crippen molar-refractivity contribution in [3.8, 4) is 5.75 Å². The van der Waals surface area contributed by atoms with Crippen LogP contribution in [0.5, 0.6) is 5.75 Å². The van der Waals surface area contributed by atoms with Gasteiger partial charge < -0.3 is 14.5 Å². The van der Waals surface area contributed by atoms with Gasteiger partial charge in [0.1, 0.15) is 5.75 Å². The van der Waals surface area contributed by atoms with Crippen LogP contribution in [0.2, 0.25) is 0 Å². The topological polar surface area (TPSA) is 32.8 Å². The molecule has 1 aromatic rings. The summed E-state index contributed by atoms with van der Waals surface area (Å²) in [6.45, 7) is 2.70. The highest BCUT2D eigenvalue weighted by Crippen LogP contribution is 2.39. The normalized spacial score (nSPS) is 22.6. The van der Waals surface area contributed by atoms with Crippen molar-refractivity contribution < 1.29 is 9.53 Å². The van der Waals surface area contributed by atoms with E-state index in [1.165, 1.54) is 6.42 Å². The summed E-state index contributed by atoms with van der Waals surface area (Å²) in [5, 5.41) is 1.84. The van der Waals surface area contributed by atoms with E-state index >= 15 is 0 Å². The van der Waals surface area contributed by atoms with Crippen molar-refractivity contribution in [1.29, 1.82) is 0 Å². The summed E-state index contributed by atoms with van der Waals surface area (Å²) in [4.78, 5) is 17.0. The first-order valence-corrected chi connectivity index (χ1v) is 13.7. The van der Waals surface area contributed by atoms with Crippen LogP contribution in [0.25, 0.3) is 0 Å². The maximum absolute atomic E-state index is 12.7. The Balaban J connectivity index is 1.62. The monoisotopic (exact) mass is 522 g/mol. The number of anilines is 1. The van der Waals surface area contributed by atoms with Crippen LogP contribution in [0, 0.1) is 5.92 Å². The average Bonchev–Trinajstić information content (AvgIpc) is 2.68. The van der Waals surface area contributed by atoms with Crippen LogP contribution >= 0.6 is 53.4 Å². The molecule has 0 spiro atoms. The molecule has 8 heteroatoms. The number of carbonyl (C=O) groups excluding carboxylic acids is 1. The minimum Gasteiger partial charge on any atom is -0.410 e. The molecular formula is C18H24Br2N2O2S2. The summed E-state index contributed by atoms with van der Waals surface area (Å²) >= 11 is 7.00. The first kappa shape index (κ1) is 20.7. The molecule has 2 fully saturated rings. The smallest absolute Gasteiger partial charge is 0.410 e. The third-order valence-corrected chi connectivity index (χ3v) is 8.11. The number of hydrogen-bond acceptors (Lipinski definition) is 5. The number of carbonyl (C=O) groups is 1.